The fourth-order valence-electron chi connectivity index (χ4n) is 2.73. The fraction of sp³-hybridized carbons (Fsp3) is 0.421. The zero-order chi connectivity index (χ0) is 18.4. The Labute approximate surface area is 172 Å². The van der Waals surface area contributed by atoms with E-state index in [1.807, 2.05) is 50.1 Å². The van der Waals surface area contributed by atoms with Crippen LogP contribution in [0.5, 0.6) is 11.5 Å². The molecule has 0 amide bonds. The topological polar surface area (TPSA) is 59.2 Å². The maximum absolute atomic E-state index is 5.57. The predicted octanol–water partition coefficient (Wildman–Crippen LogP) is 3.74. The number of halogens is 1. The Morgan fingerprint density at radius 1 is 1.15 bits per heavy atom. The summed E-state index contributed by atoms with van der Waals surface area (Å²) in [5.41, 5.74) is 2.19. The first-order chi connectivity index (χ1) is 12.0. The molecule has 0 radical (unpaired) electrons. The van der Waals surface area contributed by atoms with Gasteiger partial charge >= 0.3 is 0 Å². The largest absolute Gasteiger partial charge is 0.497 e. The first-order valence-electron chi connectivity index (χ1n) is 8.17. The lowest BCUT2D eigenvalue weighted by atomic mass is 10.2. The smallest absolute Gasteiger partial charge is 0.193 e. The van der Waals surface area contributed by atoms with Gasteiger partial charge in [-0.1, -0.05) is 0 Å². The molecular formula is C19H28IN3O3. The highest BCUT2D eigenvalue weighted by Crippen LogP contribution is 2.25. The summed E-state index contributed by atoms with van der Waals surface area (Å²) >= 11 is 0. The first-order valence-corrected chi connectivity index (χ1v) is 8.17. The minimum absolute atomic E-state index is 0. The molecule has 0 spiro atoms. The second-order valence-corrected chi connectivity index (χ2v) is 5.87. The van der Waals surface area contributed by atoms with Crippen LogP contribution in [0.4, 0.5) is 0 Å². The number of nitrogens with zero attached hydrogens (tertiary/aromatic N) is 2. The highest BCUT2D eigenvalue weighted by atomic mass is 127. The molecule has 1 N–H and O–H groups in total. The number of nitrogens with one attached hydrogen (secondary N) is 1. The van der Waals surface area contributed by atoms with Crippen LogP contribution in [0, 0.1) is 13.8 Å². The van der Waals surface area contributed by atoms with Crippen LogP contribution in [0.1, 0.15) is 22.6 Å². The monoisotopic (exact) mass is 473 g/mol. The minimum Gasteiger partial charge on any atom is -0.497 e. The number of ether oxygens (including phenoxy) is 2. The molecule has 1 heterocycles. The molecule has 0 aliphatic carbocycles. The molecule has 0 bridgehead atoms. The standard InChI is InChI=1S/C19H27N3O3.HI/c1-13-9-16(14(2)25-13)11-21-19(20-3)22(4)12-15-7-8-17(23-5)10-18(15)24-6;/h7-10H,11-12H2,1-6H3,(H,20,21);1H. The summed E-state index contributed by atoms with van der Waals surface area (Å²) in [6.45, 7) is 5.25. The second-order valence-electron chi connectivity index (χ2n) is 5.87. The van der Waals surface area contributed by atoms with Crippen molar-refractivity contribution >= 4 is 29.9 Å². The number of furan rings is 1. The molecule has 26 heavy (non-hydrogen) atoms. The molecule has 2 rings (SSSR count). The Hall–Kier alpha value is -1.90. The quantitative estimate of drug-likeness (QED) is 0.394. The van der Waals surface area contributed by atoms with Gasteiger partial charge in [0.15, 0.2) is 5.96 Å². The van der Waals surface area contributed by atoms with E-state index in [1.165, 1.54) is 0 Å². The fourth-order valence-corrected chi connectivity index (χ4v) is 2.73. The summed E-state index contributed by atoms with van der Waals surface area (Å²) in [5.74, 6) is 4.22. The van der Waals surface area contributed by atoms with Crippen molar-refractivity contribution < 1.29 is 13.9 Å². The van der Waals surface area contributed by atoms with Gasteiger partial charge in [0.1, 0.15) is 23.0 Å². The van der Waals surface area contributed by atoms with Crippen LogP contribution < -0.4 is 14.8 Å². The highest BCUT2D eigenvalue weighted by Gasteiger charge is 2.12. The van der Waals surface area contributed by atoms with E-state index in [0.717, 1.165) is 40.1 Å². The molecule has 0 saturated carbocycles. The van der Waals surface area contributed by atoms with E-state index in [-0.39, 0.29) is 24.0 Å². The van der Waals surface area contributed by atoms with E-state index >= 15 is 0 Å². The Bertz CT molecular complexity index is 744. The van der Waals surface area contributed by atoms with Crippen molar-refractivity contribution in [2.75, 3.05) is 28.3 Å². The average Bonchev–Trinajstić information content (AvgIpc) is 2.93. The zero-order valence-electron chi connectivity index (χ0n) is 16.3. The van der Waals surface area contributed by atoms with Gasteiger partial charge in [-0.05, 0) is 32.0 Å². The second kappa shape index (κ2) is 10.3. The van der Waals surface area contributed by atoms with Crippen LogP contribution in [-0.2, 0) is 13.1 Å². The van der Waals surface area contributed by atoms with Crippen LogP contribution in [-0.4, -0.2) is 39.2 Å². The van der Waals surface area contributed by atoms with Gasteiger partial charge in [-0.3, -0.25) is 4.99 Å². The molecule has 1 aromatic heterocycles. The number of methoxy groups -OCH3 is 2. The van der Waals surface area contributed by atoms with E-state index in [1.54, 1.807) is 21.3 Å². The number of rotatable bonds is 6. The molecule has 2 aromatic rings. The molecule has 0 aliphatic heterocycles. The van der Waals surface area contributed by atoms with Gasteiger partial charge in [0, 0.05) is 44.4 Å². The van der Waals surface area contributed by atoms with Crippen LogP contribution in [0.25, 0.3) is 0 Å². The van der Waals surface area contributed by atoms with Crippen molar-refractivity contribution in [3.05, 3.63) is 46.9 Å². The van der Waals surface area contributed by atoms with Crippen LogP contribution in [0.15, 0.2) is 33.7 Å². The summed E-state index contributed by atoms with van der Waals surface area (Å²) in [6.07, 6.45) is 0. The lowest BCUT2D eigenvalue weighted by molar-refractivity contribution is 0.382. The molecule has 0 atom stereocenters. The van der Waals surface area contributed by atoms with Crippen molar-refractivity contribution in [2.45, 2.75) is 26.9 Å². The Morgan fingerprint density at radius 2 is 1.88 bits per heavy atom. The molecule has 0 fully saturated rings. The van der Waals surface area contributed by atoms with E-state index in [9.17, 15) is 0 Å². The lowest BCUT2D eigenvalue weighted by Gasteiger charge is -2.23. The minimum atomic E-state index is 0. The summed E-state index contributed by atoms with van der Waals surface area (Å²) in [4.78, 5) is 6.41. The van der Waals surface area contributed by atoms with Gasteiger partial charge in [-0.2, -0.15) is 0 Å². The van der Waals surface area contributed by atoms with Crippen molar-refractivity contribution in [3.8, 4) is 11.5 Å². The molecule has 7 heteroatoms. The lowest BCUT2D eigenvalue weighted by Crippen LogP contribution is -2.38. The number of guanidine groups is 1. The van der Waals surface area contributed by atoms with Crippen molar-refractivity contribution in [1.82, 2.24) is 10.2 Å². The number of hydrogen-bond acceptors (Lipinski definition) is 4. The maximum atomic E-state index is 5.57. The first kappa shape index (κ1) is 22.1. The van der Waals surface area contributed by atoms with E-state index in [4.69, 9.17) is 13.9 Å². The molecule has 0 unspecified atom stereocenters. The van der Waals surface area contributed by atoms with Crippen LogP contribution in [0.2, 0.25) is 0 Å². The summed E-state index contributed by atoms with van der Waals surface area (Å²) in [5, 5.41) is 3.37. The Morgan fingerprint density at radius 3 is 2.42 bits per heavy atom. The number of hydrogen-bond donors (Lipinski definition) is 1. The zero-order valence-corrected chi connectivity index (χ0v) is 18.6. The van der Waals surface area contributed by atoms with Gasteiger partial charge in [-0.25, -0.2) is 0 Å². The van der Waals surface area contributed by atoms with Crippen LogP contribution >= 0.6 is 24.0 Å². The van der Waals surface area contributed by atoms with Crippen molar-refractivity contribution in [1.29, 1.82) is 0 Å². The third kappa shape index (κ3) is 5.55. The average molecular weight is 473 g/mol. The molecule has 1 aromatic carbocycles. The van der Waals surface area contributed by atoms with Gasteiger partial charge < -0.3 is 24.1 Å². The molecule has 0 aliphatic rings. The van der Waals surface area contributed by atoms with Gasteiger partial charge in [-0.15, -0.1) is 24.0 Å². The molecular weight excluding hydrogens is 445 g/mol. The third-order valence-corrected chi connectivity index (χ3v) is 4.06. The third-order valence-electron chi connectivity index (χ3n) is 4.06. The number of aliphatic imine (C=N–C) groups is 1. The molecule has 144 valence electrons. The summed E-state index contributed by atoms with van der Waals surface area (Å²) < 4.78 is 16.3. The van der Waals surface area contributed by atoms with Crippen LogP contribution in [0.3, 0.4) is 0 Å². The van der Waals surface area contributed by atoms with Gasteiger partial charge in [0.05, 0.1) is 14.2 Å². The van der Waals surface area contributed by atoms with Crippen molar-refractivity contribution in [3.63, 3.8) is 0 Å². The maximum Gasteiger partial charge on any atom is 0.193 e. The number of benzene rings is 1. The van der Waals surface area contributed by atoms with E-state index in [2.05, 4.69) is 10.3 Å². The summed E-state index contributed by atoms with van der Waals surface area (Å²) in [7, 11) is 7.07. The van der Waals surface area contributed by atoms with Gasteiger partial charge in [0.2, 0.25) is 0 Å². The summed E-state index contributed by atoms with van der Waals surface area (Å²) in [6, 6.07) is 7.86. The predicted molar refractivity (Wildman–Crippen MR) is 115 cm³/mol. The molecule has 0 saturated heterocycles. The Kier molecular flexibility index (Phi) is 8.77. The number of aryl methyl sites for hydroxylation is 2. The highest BCUT2D eigenvalue weighted by molar-refractivity contribution is 14.0. The van der Waals surface area contributed by atoms with E-state index in [0.29, 0.717) is 13.1 Å². The SMILES string of the molecule is CN=C(NCc1cc(C)oc1C)N(C)Cc1ccc(OC)cc1OC.I. The van der Waals surface area contributed by atoms with E-state index < -0.39 is 0 Å². The molecule has 6 nitrogen and oxygen atoms in total. The van der Waals surface area contributed by atoms with Gasteiger partial charge in [0.25, 0.3) is 0 Å². The normalized spacial score (nSPS) is 10.9. The Balaban J connectivity index is 0.00000338. The van der Waals surface area contributed by atoms with Crippen molar-refractivity contribution in [2.24, 2.45) is 4.99 Å².